The van der Waals surface area contributed by atoms with Gasteiger partial charge in [0.2, 0.25) is 0 Å². The Hall–Kier alpha value is -0.150. The SMILES string of the molecule is Cc1cc(Br)cnc1NS(=O)(=O)c1cc(Cl)c(Br)s1. The molecule has 0 aliphatic carbocycles. The van der Waals surface area contributed by atoms with Gasteiger partial charge in [-0.25, -0.2) is 13.4 Å². The van der Waals surface area contributed by atoms with Crippen LogP contribution in [-0.4, -0.2) is 13.4 Å². The number of halogens is 3. The molecule has 2 aromatic rings. The van der Waals surface area contributed by atoms with E-state index in [1.54, 1.807) is 13.0 Å². The van der Waals surface area contributed by atoms with Gasteiger partial charge in [0.25, 0.3) is 10.0 Å². The van der Waals surface area contributed by atoms with E-state index in [0.29, 0.717) is 14.6 Å². The molecule has 0 saturated heterocycles. The normalized spacial score (nSPS) is 11.6. The second-order valence-electron chi connectivity index (χ2n) is 3.61. The van der Waals surface area contributed by atoms with E-state index in [4.69, 9.17) is 11.6 Å². The van der Waals surface area contributed by atoms with Crippen molar-refractivity contribution in [3.8, 4) is 0 Å². The number of hydrogen-bond acceptors (Lipinski definition) is 4. The summed E-state index contributed by atoms with van der Waals surface area (Å²) in [4.78, 5) is 4.04. The van der Waals surface area contributed by atoms with Crippen LogP contribution < -0.4 is 4.72 Å². The van der Waals surface area contributed by atoms with Gasteiger partial charge in [-0.3, -0.25) is 4.72 Å². The van der Waals surface area contributed by atoms with E-state index < -0.39 is 10.0 Å². The molecule has 0 spiro atoms. The first-order valence-corrected chi connectivity index (χ1v) is 9.16. The van der Waals surface area contributed by atoms with Crippen LogP contribution in [0.2, 0.25) is 5.02 Å². The Bertz CT molecular complexity index is 712. The summed E-state index contributed by atoms with van der Waals surface area (Å²) < 4.78 is 28.3. The van der Waals surface area contributed by atoms with Crippen LogP contribution in [0.3, 0.4) is 0 Å². The number of rotatable bonds is 3. The van der Waals surface area contributed by atoms with Crippen LogP contribution in [0, 0.1) is 6.92 Å². The molecule has 4 nitrogen and oxygen atoms in total. The Labute approximate surface area is 136 Å². The number of aryl methyl sites for hydroxylation is 1. The highest BCUT2D eigenvalue weighted by Gasteiger charge is 2.20. The zero-order chi connectivity index (χ0) is 14.2. The summed E-state index contributed by atoms with van der Waals surface area (Å²) in [6.07, 6.45) is 1.53. The van der Waals surface area contributed by atoms with Gasteiger partial charge in [0.1, 0.15) is 10.0 Å². The summed E-state index contributed by atoms with van der Waals surface area (Å²) in [5, 5.41) is 0.367. The molecule has 0 aliphatic heterocycles. The predicted molar refractivity (Wildman–Crippen MR) is 84.5 cm³/mol. The summed E-state index contributed by atoms with van der Waals surface area (Å²) in [5.74, 6) is 0.295. The maximum Gasteiger partial charge on any atom is 0.272 e. The van der Waals surface area contributed by atoms with Gasteiger partial charge < -0.3 is 0 Å². The number of aromatic nitrogens is 1. The summed E-state index contributed by atoms with van der Waals surface area (Å²) >= 11 is 13.3. The first kappa shape index (κ1) is 15.2. The zero-order valence-corrected chi connectivity index (χ0v) is 15.0. The Balaban J connectivity index is 2.36. The quantitative estimate of drug-likeness (QED) is 0.759. The van der Waals surface area contributed by atoms with E-state index in [9.17, 15) is 8.42 Å². The van der Waals surface area contributed by atoms with Gasteiger partial charge in [-0.1, -0.05) is 11.6 Å². The van der Waals surface area contributed by atoms with Crippen molar-refractivity contribution in [2.24, 2.45) is 0 Å². The maximum absolute atomic E-state index is 12.2. The molecule has 102 valence electrons. The van der Waals surface area contributed by atoms with Crippen LogP contribution >= 0.6 is 54.8 Å². The molecule has 0 aromatic carbocycles. The fourth-order valence-electron chi connectivity index (χ4n) is 1.28. The molecule has 2 rings (SSSR count). The van der Waals surface area contributed by atoms with Gasteiger partial charge in [-0.2, -0.15) is 0 Å². The van der Waals surface area contributed by atoms with Gasteiger partial charge in [0.05, 0.1) is 8.81 Å². The molecule has 0 atom stereocenters. The van der Waals surface area contributed by atoms with E-state index in [1.807, 2.05) is 0 Å². The highest BCUT2D eigenvalue weighted by molar-refractivity contribution is 9.11. The number of thiophene rings is 1. The lowest BCUT2D eigenvalue weighted by Crippen LogP contribution is -2.13. The van der Waals surface area contributed by atoms with Gasteiger partial charge in [0.15, 0.2) is 0 Å². The summed E-state index contributed by atoms with van der Waals surface area (Å²) in [6, 6.07) is 3.18. The van der Waals surface area contributed by atoms with Crippen molar-refractivity contribution >= 4 is 70.6 Å². The molecule has 0 unspecified atom stereocenters. The van der Waals surface area contributed by atoms with E-state index in [1.165, 1.54) is 12.3 Å². The minimum atomic E-state index is -3.67. The summed E-state index contributed by atoms with van der Waals surface area (Å²) in [7, 11) is -3.67. The average Bonchev–Trinajstić information content (AvgIpc) is 2.64. The smallest absolute Gasteiger partial charge is 0.262 e. The second kappa shape index (κ2) is 5.69. The highest BCUT2D eigenvalue weighted by atomic mass is 79.9. The first-order valence-electron chi connectivity index (χ1n) is 4.89. The highest BCUT2D eigenvalue weighted by Crippen LogP contribution is 2.35. The standard InChI is InChI=1S/C10H7Br2ClN2O2S2/c1-5-2-6(11)4-14-10(5)15-19(16,17)8-3-7(13)9(12)18-8/h2-4H,1H3,(H,14,15). The maximum atomic E-state index is 12.2. The molecule has 0 radical (unpaired) electrons. The lowest BCUT2D eigenvalue weighted by atomic mass is 10.3. The van der Waals surface area contributed by atoms with Crippen molar-refractivity contribution in [1.82, 2.24) is 4.98 Å². The fourth-order valence-corrected chi connectivity index (χ4v) is 5.21. The second-order valence-corrected chi connectivity index (χ2v) is 9.21. The third-order valence-corrected chi connectivity index (χ3v) is 6.88. The molecule has 0 aliphatic rings. The Morgan fingerprint density at radius 3 is 2.58 bits per heavy atom. The van der Waals surface area contributed by atoms with Crippen LogP contribution in [0.4, 0.5) is 5.82 Å². The molecule has 0 amide bonds. The average molecular weight is 447 g/mol. The van der Waals surface area contributed by atoms with Crippen molar-refractivity contribution in [1.29, 1.82) is 0 Å². The number of sulfonamides is 1. The largest absolute Gasteiger partial charge is 0.272 e. The third-order valence-electron chi connectivity index (χ3n) is 2.16. The van der Waals surface area contributed by atoms with Gasteiger partial charge in [0, 0.05) is 10.7 Å². The predicted octanol–water partition coefficient (Wildman–Crippen LogP) is 4.43. The van der Waals surface area contributed by atoms with E-state index in [0.717, 1.165) is 21.4 Å². The molecule has 9 heteroatoms. The van der Waals surface area contributed by atoms with Crippen molar-refractivity contribution in [2.45, 2.75) is 11.1 Å². The van der Waals surface area contributed by atoms with Crippen molar-refractivity contribution < 1.29 is 8.42 Å². The molecule has 0 fully saturated rings. The van der Waals surface area contributed by atoms with Crippen LogP contribution in [0.5, 0.6) is 0 Å². The monoisotopic (exact) mass is 444 g/mol. The first-order chi connectivity index (χ1) is 8.79. The van der Waals surface area contributed by atoms with Crippen LogP contribution in [0.15, 0.2) is 30.8 Å². The van der Waals surface area contributed by atoms with E-state index in [-0.39, 0.29) is 4.21 Å². The van der Waals surface area contributed by atoms with Crippen molar-refractivity contribution in [3.05, 3.63) is 37.2 Å². The number of nitrogens with one attached hydrogen (secondary N) is 1. The van der Waals surface area contributed by atoms with E-state index >= 15 is 0 Å². The molecule has 2 aromatic heterocycles. The number of hydrogen-bond donors (Lipinski definition) is 1. The van der Waals surface area contributed by atoms with Crippen molar-refractivity contribution in [3.63, 3.8) is 0 Å². The minimum Gasteiger partial charge on any atom is -0.262 e. The third kappa shape index (κ3) is 3.49. The molecule has 2 heterocycles. The van der Waals surface area contributed by atoms with Crippen LogP contribution in [-0.2, 0) is 10.0 Å². The molecule has 19 heavy (non-hydrogen) atoms. The Kier molecular flexibility index (Phi) is 4.56. The molecule has 0 saturated carbocycles. The molecule has 0 bridgehead atoms. The summed E-state index contributed by atoms with van der Waals surface area (Å²) in [5.41, 5.74) is 0.722. The lowest BCUT2D eigenvalue weighted by Gasteiger charge is -2.08. The molecular formula is C10H7Br2ClN2O2S2. The van der Waals surface area contributed by atoms with E-state index in [2.05, 4.69) is 41.6 Å². The molecular weight excluding hydrogens is 440 g/mol. The van der Waals surface area contributed by atoms with Crippen LogP contribution in [0.1, 0.15) is 5.56 Å². The lowest BCUT2D eigenvalue weighted by molar-refractivity contribution is 0.603. The van der Waals surface area contributed by atoms with Crippen molar-refractivity contribution in [2.75, 3.05) is 4.72 Å². The van der Waals surface area contributed by atoms with Gasteiger partial charge >= 0.3 is 0 Å². The van der Waals surface area contributed by atoms with Crippen LogP contribution in [0.25, 0.3) is 0 Å². The number of anilines is 1. The number of nitrogens with zero attached hydrogens (tertiary/aromatic N) is 1. The topological polar surface area (TPSA) is 59.1 Å². The van der Waals surface area contributed by atoms with Gasteiger partial charge in [-0.15, -0.1) is 11.3 Å². The Morgan fingerprint density at radius 1 is 1.37 bits per heavy atom. The summed E-state index contributed by atoms with van der Waals surface area (Å²) in [6.45, 7) is 1.77. The van der Waals surface area contributed by atoms with Gasteiger partial charge in [-0.05, 0) is 56.5 Å². The number of pyridine rings is 1. The zero-order valence-electron chi connectivity index (χ0n) is 9.45. The minimum absolute atomic E-state index is 0.133. The molecule has 1 N–H and O–H groups in total. The Morgan fingerprint density at radius 2 is 2.05 bits per heavy atom. The fraction of sp³-hybridized carbons (Fsp3) is 0.100.